The summed E-state index contributed by atoms with van der Waals surface area (Å²) < 4.78 is 5.37. The Morgan fingerprint density at radius 3 is 2.50 bits per heavy atom. The van der Waals surface area contributed by atoms with E-state index in [1.54, 1.807) is 0 Å². The summed E-state index contributed by atoms with van der Waals surface area (Å²) in [6.07, 6.45) is 1.94. The summed E-state index contributed by atoms with van der Waals surface area (Å²) in [5.41, 5.74) is 4.83. The molecule has 7 heteroatoms. The lowest BCUT2D eigenvalue weighted by atomic mass is 10.1. The molecule has 0 spiro atoms. The van der Waals surface area contributed by atoms with E-state index in [0.717, 1.165) is 53.2 Å². The molecular formula is C21H28N4O3. The molecule has 1 aliphatic heterocycles. The molecule has 150 valence electrons. The van der Waals surface area contributed by atoms with Gasteiger partial charge in [-0.3, -0.25) is 14.5 Å². The van der Waals surface area contributed by atoms with Crippen molar-refractivity contribution in [1.29, 1.82) is 0 Å². The van der Waals surface area contributed by atoms with Gasteiger partial charge < -0.3 is 15.2 Å². The van der Waals surface area contributed by atoms with Gasteiger partial charge in [0.15, 0.2) is 5.76 Å². The first kappa shape index (κ1) is 20.1. The van der Waals surface area contributed by atoms with E-state index in [0.29, 0.717) is 0 Å². The third-order valence-electron chi connectivity index (χ3n) is 5.07. The Bertz CT molecular complexity index is 851. The standard InChI is InChI=1S/C21H28N4O3/c1-13-8-14(2)21(15(3)9-13)23-19(26)11-22-20(27)12-25-7-5-6-17(25)18-10-16(4)24-28-18/h8-10,17H,5-7,11-12H2,1-4H3,(H,22,27)(H,23,26). The van der Waals surface area contributed by atoms with Crippen molar-refractivity contribution in [2.24, 2.45) is 0 Å². The normalized spacial score (nSPS) is 16.9. The molecule has 0 aliphatic carbocycles. The van der Waals surface area contributed by atoms with Crippen LogP contribution in [0.5, 0.6) is 0 Å². The number of hydrogen-bond acceptors (Lipinski definition) is 5. The van der Waals surface area contributed by atoms with E-state index >= 15 is 0 Å². The third kappa shape index (κ3) is 4.78. The molecule has 0 saturated carbocycles. The Morgan fingerprint density at radius 2 is 1.86 bits per heavy atom. The summed E-state index contributed by atoms with van der Waals surface area (Å²) in [6, 6.07) is 6.04. The van der Waals surface area contributed by atoms with Gasteiger partial charge in [0.2, 0.25) is 11.8 Å². The number of carbonyl (C=O) groups excluding carboxylic acids is 2. The van der Waals surface area contributed by atoms with Gasteiger partial charge in [0.1, 0.15) is 0 Å². The average molecular weight is 384 g/mol. The van der Waals surface area contributed by atoms with Crippen molar-refractivity contribution >= 4 is 17.5 Å². The second kappa shape index (κ2) is 8.56. The number of benzene rings is 1. The number of nitrogens with zero attached hydrogens (tertiary/aromatic N) is 2. The Morgan fingerprint density at radius 1 is 1.14 bits per heavy atom. The minimum atomic E-state index is -0.229. The van der Waals surface area contributed by atoms with Crippen molar-refractivity contribution in [3.05, 3.63) is 46.3 Å². The topological polar surface area (TPSA) is 87.5 Å². The van der Waals surface area contributed by atoms with Crippen molar-refractivity contribution in [2.45, 2.75) is 46.6 Å². The van der Waals surface area contributed by atoms with Crippen LogP contribution in [0.3, 0.4) is 0 Å². The molecule has 1 saturated heterocycles. The lowest BCUT2D eigenvalue weighted by molar-refractivity contribution is -0.125. The van der Waals surface area contributed by atoms with E-state index in [1.165, 1.54) is 0 Å². The molecule has 1 fully saturated rings. The molecule has 2 N–H and O–H groups in total. The van der Waals surface area contributed by atoms with Crippen molar-refractivity contribution < 1.29 is 14.1 Å². The maximum atomic E-state index is 12.3. The largest absolute Gasteiger partial charge is 0.359 e. The molecule has 1 aliphatic rings. The van der Waals surface area contributed by atoms with Crippen LogP contribution in [0.2, 0.25) is 0 Å². The van der Waals surface area contributed by atoms with Gasteiger partial charge in [0, 0.05) is 11.8 Å². The molecule has 28 heavy (non-hydrogen) atoms. The summed E-state index contributed by atoms with van der Waals surface area (Å²) in [4.78, 5) is 26.7. The van der Waals surface area contributed by atoms with Crippen LogP contribution in [-0.2, 0) is 9.59 Å². The fraction of sp³-hybridized carbons (Fsp3) is 0.476. The van der Waals surface area contributed by atoms with Crippen LogP contribution in [0, 0.1) is 27.7 Å². The minimum absolute atomic E-state index is 0.0501. The molecule has 1 aromatic heterocycles. The Hall–Kier alpha value is -2.67. The molecule has 7 nitrogen and oxygen atoms in total. The molecule has 3 rings (SSSR count). The summed E-state index contributed by atoms with van der Waals surface area (Å²) in [5, 5.41) is 9.56. The van der Waals surface area contributed by atoms with Crippen LogP contribution in [-0.4, -0.2) is 41.5 Å². The fourth-order valence-corrected chi connectivity index (χ4v) is 3.86. The van der Waals surface area contributed by atoms with Gasteiger partial charge in [-0.1, -0.05) is 22.9 Å². The highest BCUT2D eigenvalue weighted by atomic mass is 16.5. The maximum absolute atomic E-state index is 12.3. The van der Waals surface area contributed by atoms with E-state index in [2.05, 4.69) is 20.7 Å². The van der Waals surface area contributed by atoms with Crippen LogP contribution in [0.1, 0.15) is 47.0 Å². The van der Waals surface area contributed by atoms with Gasteiger partial charge in [0.05, 0.1) is 24.8 Å². The van der Waals surface area contributed by atoms with E-state index < -0.39 is 0 Å². The smallest absolute Gasteiger partial charge is 0.243 e. The van der Waals surface area contributed by atoms with Crippen LogP contribution < -0.4 is 10.6 Å². The predicted molar refractivity (Wildman–Crippen MR) is 107 cm³/mol. The fourth-order valence-electron chi connectivity index (χ4n) is 3.86. The zero-order valence-electron chi connectivity index (χ0n) is 17.0. The predicted octanol–water partition coefficient (Wildman–Crippen LogP) is 2.80. The van der Waals surface area contributed by atoms with Crippen molar-refractivity contribution in [2.75, 3.05) is 25.0 Å². The van der Waals surface area contributed by atoms with Gasteiger partial charge in [-0.05, 0) is 58.2 Å². The SMILES string of the molecule is Cc1cc(C)c(NC(=O)CNC(=O)CN2CCCC2c2cc(C)no2)c(C)c1. The van der Waals surface area contributed by atoms with Crippen LogP contribution in [0.4, 0.5) is 5.69 Å². The van der Waals surface area contributed by atoms with Gasteiger partial charge in [-0.25, -0.2) is 0 Å². The first-order valence-electron chi connectivity index (χ1n) is 9.65. The molecule has 1 aromatic carbocycles. The van der Waals surface area contributed by atoms with Gasteiger partial charge in [-0.15, -0.1) is 0 Å². The van der Waals surface area contributed by atoms with E-state index in [9.17, 15) is 9.59 Å². The maximum Gasteiger partial charge on any atom is 0.243 e. The summed E-state index contributed by atoms with van der Waals surface area (Å²) in [7, 11) is 0. The second-order valence-corrected chi connectivity index (χ2v) is 7.60. The molecule has 2 heterocycles. The number of carbonyl (C=O) groups is 2. The first-order valence-corrected chi connectivity index (χ1v) is 9.65. The van der Waals surface area contributed by atoms with Crippen LogP contribution in [0.15, 0.2) is 22.7 Å². The number of hydrogen-bond donors (Lipinski definition) is 2. The number of anilines is 1. The highest BCUT2D eigenvalue weighted by molar-refractivity contribution is 5.96. The number of aromatic nitrogens is 1. The number of nitrogens with one attached hydrogen (secondary N) is 2. The molecule has 0 radical (unpaired) electrons. The highest BCUT2D eigenvalue weighted by Crippen LogP contribution is 2.31. The summed E-state index contributed by atoms with van der Waals surface area (Å²) >= 11 is 0. The molecule has 1 atom stereocenters. The minimum Gasteiger partial charge on any atom is -0.359 e. The molecule has 1 unspecified atom stereocenters. The van der Waals surface area contributed by atoms with Gasteiger partial charge in [-0.2, -0.15) is 0 Å². The number of likely N-dealkylation sites (tertiary alicyclic amines) is 1. The molecule has 0 bridgehead atoms. The average Bonchev–Trinajstić information content (AvgIpc) is 3.25. The van der Waals surface area contributed by atoms with E-state index in [-0.39, 0.29) is 30.9 Å². The quantitative estimate of drug-likeness (QED) is 0.800. The monoisotopic (exact) mass is 384 g/mol. The number of amides is 2. The van der Waals surface area contributed by atoms with Gasteiger partial charge in [0.25, 0.3) is 0 Å². The summed E-state index contributed by atoms with van der Waals surface area (Å²) in [5.74, 6) is 0.397. The second-order valence-electron chi connectivity index (χ2n) is 7.60. The molecule has 2 amide bonds. The zero-order valence-corrected chi connectivity index (χ0v) is 17.0. The Balaban J connectivity index is 1.51. The molecule has 2 aromatic rings. The van der Waals surface area contributed by atoms with Crippen molar-refractivity contribution in [3.63, 3.8) is 0 Å². The lowest BCUT2D eigenvalue weighted by Gasteiger charge is -2.21. The Kier molecular flexibility index (Phi) is 6.14. The lowest BCUT2D eigenvalue weighted by Crippen LogP contribution is -2.40. The van der Waals surface area contributed by atoms with Crippen LogP contribution >= 0.6 is 0 Å². The summed E-state index contributed by atoms with van der Waals surface area (Å²) in [6.45, 7) is 8.85. The van der Waals surface area contributed by atoms with E-state index in [1.807, 2.05) is 45.9 Å². The van der Waals surface area contributed by atoms with Crippen molar-refractivity contribution in [1.82, 2.24) is 15.4 Å². The van der Waals surface area contributed by atoms with E-state index in [4.69, 9.17) is 4.52 Å². The number of aryl methyl sites for hydroxylation is 4. The van der Waals surface area contributed by atoms with Crippen LogP contribution in [0.25, 0.3) is 0 Å². The third-order valence-corrected chi connectivity index (χ3v) is 5.07. The zero-order chi connectivity index (χ0) is 20.3. The van der Waals surface area contributed by atoms with Crippen molar-refractivity contribution in [3.8, 4) is 0 Å². The highest BCUT2D eigenvalue weighted by Gasteiger charge is 2.30. The molecular weight excluding hydrogens is 356 g/mol. The number of rotatable bonds is 6. The Labute approximate surface area is 165 Å². The first-order chi connectivity index (χ1) is 13.3. The van der Waals surface area contributed by atoms with Gasteiger partial charge >= 0.3 is 0 Å².